The number of hydrogen-bond acceptors (Lipinski definition) is 5. The van der Waals surface area contributed by atoms with E-state index < -0.39 is 24.6 Å². The SMILES string of the molecule is CC(C)(CNS(=O)(=O)c1cn[nH]c1)S(C)(=O)=O. The van der Waals surface area contributed by atoms with Gasteiger partial charge < -0.3 is 0 Å². The molecular formula is C8H15N3O4S2. The lowest BCUT2D eigenvalue weighted by Gasteiger charge is -2.22. The van der Waals surface area contributed by atoms with Crippen LogP contribution in [0.25, 0.3) is 0 Å². The van der Waals surface area contributed by atoms with Crippen LogP contribution in [-0.2, 0) is 19.9 Å². The van der Waals surface area contributed by atoms with Crippen LogP contribution in [0.2, 0.25) is 0 Å². The predicted octanol–water partition coefficient (Wildman–Crippen LogP) is -0.489. The number of hydrogen-bond donors (Lipinski definition) is 2. The lowest BCUT2D eigenvalue weighted by molar-refractivity contribution is 0.537. The minimum Gasteiger partial charge on any atom is -0.284 e. The fourth-order valence-electron chi connectivity index (χ4n) is 0.869. The zero-order valence-corrected chi connectivity index (χ0v) is 11.4. The molecule has 1 heterocycles. The van der Waals surface area contributed by atoms with Crippen molar-refractivity contribution in [1.29, 1.82) is 0 Å². The molecule has 0 unspecified atom stereocenters. The first-order valence-electron chi connectivity index (χ1n) is 4.74. The van der Waals surface area contributed by atoms with Gasteiger partial charge in [-0.1, -0.05) is 0 Å². The van der Waals surface area contributed by atoms with E-state index in [0.717, 1.165) is 12.5 Å². The molecule has 0 fully saturated rings. The lowest BCUT2D eigenvalue weighted by atomic mass is 10.2. The van der Waals surface area contributed by atoms with Gasteiger partial charge in [0, 0.05) is 19.0 Å². The highest BCUT2D eigenvalue weighted by Crippen LogP contribution is 2.15. The van der Waals surface area contributed by atoms with Crippen molar-refractivity contribution in [1.82, 2.24) is 14.9 Å². The molecule has 0 radical (unpaired) electrons. The Labute approximate surface area is 101 Å². The van der Waals surface area contributed by atoms with E-state index in [-0.39, 0.29) is 11.4 Å². The van der Waals surface area contributed by atoms with E-state index in [0.29, 0.717) is 0 Å². The molecule has 9 heteroatoms. The van der Waals surface area contributed by atoms with Crippen LogP contribution in [-0.4, -0.2) is 44.6 Å². The van der Waals surface area contributed by atoms with Crippen LogP contribution < -0.4 is 4.72 Å². The van der Waals surface area contributed by atoms with Gasteiger partial charge in [-0.3, -0.25) is 5.10 Å². The van der Waals surface area contributed by atoms with E-state index in [4.69, 9.17) is 0 Å². The maximum atomic E-state index is 11.7. The van der Waals surface area contributed by atoms with E-state index in [2.05, 4.69) is 14.9 Å². The molecule has 0 saturated carbocycles. The fourth-order valence-corrected chi connectivity index (χ4v) is 2.41. The Morgan fingerprint density at radius 3 is 2.35 bits per heavy atom. The van der Waals surface area contributed by atoms with E-state index in [1.807, 2.05) is 0 Å². The molecule has 0 bridgehead atoms. The summed E-state index contributed by atoms with van der Waals surface area (Å²) in [6.07, 6.45) is 3.44. The first-order chi connectivity index (χ1) is 7.56. The van der Waals surface area contributed by atoms with Gasteiger partial charge in [-0.05, 0) is 13.8 Å². The summed E-state index contributed by atoms with van der Waals surface area (Å²) < 4.78 is 47.3. The van der Waals surface area contributed by atoms with Gasteiger partial charge in [0.15, 0.2) is 9.84 Å². The molecule has 1 aromatic heterocycles. The van der Waals surface area contributed by atoms with Gasteiger partial charge in [0.25, 0.3) is 0 Å². The number of sulfone groups is 1. The summed E-state index contributed by atoms with van der Waals surface area (Å²) in [5, 5.41) is 5.90. The van der Waals surface area contributed by atoms with Crippen LogP contribution in [0.4, 0.5) is 0 Å². The molecule has 0 aromatic carbocycles. The first-order valence-corrected chi connectivity index (χ1v) is 8.12. The summed E-state index contributed by atoms with van der Waals surface area (Å²) in [6, 6.07) is 0. The topological polar surface area (TPSA) is 109 Å². The van der Waals surface area contributed by atoms with Crippen LogP contribution in [0.1, 0.15) is 13.8 Å². The molecule has 0 amide bonds. The molecule has 7 nitrogen and oxygen atoms in total. The number of aromatic amines is 1. The number of rotatable bonds is 5. The van der Waals surface area contributed by atoms with Gasteiger partial charge in [-0.15, -0.1) is 0 Å². The van der Waals surface area contributed by atoms with Crippen molar-refractivity contribution in [2.24, 2.45) is 0 Å². The highest BCUT2D eigenvalue weighted by molar-refractivity contribution is 7.92. The highest BCUT2D eigenvalue weighted by atomic mass is 32.2. The second kappa shape index (κ2) is 4.39. The number of nitrogens with zero attached hydrogens (tertiary/aromatic N) is 1. The normalized spacial score (nSPS) is 13.8. The quantitative estimate of drug-likeness (QED) is 0.757. The van der Waals surface area contributed by atoms with Gasteiger partial charge in [-0.2, -0.15) is 5.10 Å². The van der Waals surface area contributed by atoms with E-state index >= 15 is 0 Å². The Hall–Kier alpha value is -0.930. The van der Waals surface area contributed by atoms with E-state index in [1.54, 1.807) is 0 Å². The molecule has 1 rings (SSSR count). The molecule has 0 aliphatic rings. The zero-order valence-electron chi connectivity index (χ0n) is 9.76. The molecule has 0 aliphatic heterocycles. The van der Waals surface area contributed by atoms with Crippen molar-refractivity contribution in [3.05, 3.63) is 12.4 Å². The van der Waals surface area contributed by atoms with Gasteiger partial charge in [0.1, 0.15) is 4.90 Å². The summed E-state index contributed by atoms with van der Waals surface area (Å²) in [5.41, 5.74) is 0. The van der Waals surface area contributed by atoms with Crippen molar-refractivity contribution >= 4 is 19.9 Å². The van der Waals surface area contributed by atoms with Gasteiger partial charge in [0.05, 0.1) is 10.9 Å². The predicted molar refractivity (Wildman–Crippen MR) is 62.7 cm³/mol. The monoisotopic (exact) mass is 281 g/mol. The van der Waals surface area contributed by atoms with Crippen molar-refractivity contribution in [3.63, 3.8) is 0 Å². The number of H-pyrrole nitrogens is 1. The Bertz CT molecular complexity index is 572. The highest BCUT2D eigenvalue weighted by Gasteiger charge is 2.32. The van der Waals surface area contributed by atoms with Crippen molar-refractivity contribution in [2.75, 3.05) is 12.8 Å². The molecule has 0 spiro atoms. The lowest BCUT2D eigenvalue weighted by Crippen LogP contribution is -2.43. The largest absolute Gasteiger partial charge is 0.284 e. The maximum Gasteiger partial charge on any atom is 0.243 e. The average molecular weight is 281 g/mol. The third-order valence-corrected chi connectivity index (χ3v) is 6.00. The number of aromatic nitrogens is 2. The summed E-state index contributed by atoms with van der Waals surface area (Å²) in [4.78, 5) is -0.0261. The molecule has 1 aromatic rings. The zero-order chi connectivity index (χ0) is 13.3. The van der Waals surface area contributed by atoms with E-state index in [1.165, 1.54) is 20.0 Å². The Balaban J connectivity index is 2.83. The Morgan fingerprint density at radius 2 is 1.94 bits per heavy atom. The van der Waals surface area contributed by atoms with Crippen LogP contribution in [0.3, 0.4) is 0 Å². The minimum atomic E-state index is -3.72. The van der Waals surface area contributed by atoms with Crippen LogP contribution in [0.5, 0.6) is 0 Å². The average Bonchev–Trinajstić information content (AvgIpc) is 2.66. The molecule has 2 N–H and O–H groups in total. The fraction of sp³-hybridized carbons (Fsp3) is 0.625. The second-order valence-corrected chi connectivity index (χ2v) is 8.71. The maximum absolute atomic E-state index is 11.7. The van der Waals surface area contributed by atoms with Crippen molar-refractivity contribution in [2.45, 2.75) is 23.5 Å². The van der Waals surface area contributed by atoms with Crippen LogP contribution in [0.15, 0.2) is 17.3 Å². The van der Waals surface area contributed by atoms with Gasteiger partial charge >= 0.3 is 0 Å². The molecular weight excluding hydrogens is 266 g/mol. The number of sulfonamides is 1. The summed E-state index contributed by atoms with van der Waals surface area (Å²) in [6.45, 7) is 2.72. The number of nitrogens with one attached hydrogen (secondary N) is 2. The van der Waals surface area contributed by atoms with E-state index in [9.17, 15) is 16.8 Å². The van der Waals surface area contributed by atoms with Crippen molar-refractivity contribution in [3.8, 4) is 0 Å². The third-order valence-electron chi connectivity index (χ3n) is 2.48. The summed E-state index contributed by atoms with van der Waals surface area (Å²) in [7, 11) is -7.06. The van der Waals surface area contributed by atoms with Crippen LogP contribution >= 0.6 is 0 Å². The summed E-state index contributed by atoms with van der Waals surface area (Å²) in [5.74, 6) is 0. The smallest absolute Gasteiger partial charge is 0.243 e. The Morgan fingerprint density at radius 1 is 1.35 bits per heavy atom. The Kier molecular flexibility index (Phi) is 3.65. The molecule has 98 valence electrons. The summed E-state index contributed by atoms with van der Waals surface area (Å²) >= 11 is 0. The van der Waals surface area contributed by atoms with Gasteiger partial charge in [0.2, 0.25) is 10.0 Å². The molecule has 0 aliphatic carbocycles. The molecule has 0 atom stereocenters. The van der Waals surface area contributed by atoms with Gasteiger partial charge in [-0.25, -0.2) is 21.6 Å². The minimum absolute atomic E-state index is 0.0261. The third kappa shape index (κ3) is 3.27. The molecule has 17 heavy (non-hydrogen) atoms. The van der Waals surface area contributed by atoms with Crippen LogP contribution in [0, 0.1) is 0 Å². The first kappa shape index (κ1) is 14.1. The second-order valence-electron chi connectivity index (χ2n) is 4.29. The van der Waals surface area contributed by atoms with Crippen molar-refractivity contribution < 1.29 is 16.8 Å². The standard InChI is InChI=1S/C8H15N3O4S2/c1-8(2,16(3,12)13)6-11-17(14,15)7-4-9-10-5-7/h4-5,11H,6H2,1-3H3,(H,9,10). The molecule has 0 saturated heterocycles.